The first-order valence-electron chi connectivity index (χ1n) is 6.86. The molecule has 0 spiro atoms. The number of ether oxygens (including phenoxy) is 3. The highest BCUT2D eigenvalue weighted by atomic mass is 16.5. The van der Waals surface area contributed by atoms with Crippen LogP contribution in [0.2, 0.25) is 0 Å². The van der Waals surface area contributed by atoms with Crippen molar-refractivity contribution in [1.82, 2.24) is 4.98 Å². The summed E-state index contributed by atoms with van der Waals surface area (Å²) in [6.07, 6.45) is 0.807. The zero-order valence-corrected chi connectivity index (χ0v) is 13.1. The third-order valence-electron chi connectivity index (χ3n) is 3.31. The van der Waals surface area contributed by atoms with Gasteiger partial charge >= 0.3 is 0 Å². The SMILES string of the molecule is COc1cc2[nH]c(CC(C)C)cc(=O)c2c(OC)c1OC. The summed E-state index contributed by atoms with van der Waals surface area (Å²) in [5.74, 6) is 1.80. The fourth-order valence-electron chi connectivity index (χ4n) is 2.49. The van der Waals surface area contributed by atoms with Crippen LogP contribution in [0.3, 0.4) is 0 Å². The van der Waals surface area contributed by atoms with Gasteiger partial charge in [0, 0.05) is 17.8 Å². The lowest BCUT2D eigenvalue weighted by atomic mass is 10.1. The second-order valence-corrected chi connectivity index (χ2v) is 5.32. The molecular weight excluding hydrogens is 270 g/mol. The Hall–Kier alpha value is -2.17. The Morgan fingerprint density at radius 1 is 1.05 bits per heavy atom. The number of rotatable bonds is 5. The van der Waals surface area contributed by atoms with E-state index in [-0.39, 0.29) is 5.43 Å². The molecule has 21 heavy (non-hydrogen) atoms. The summed E-state index contributed by atoms with van der Waals surface area (Å²) in [4.78, 5) is 15.7. The summed E-state index contributed by atoms with van der Waals surface area (Å²) in [5, 5.41) is 0.475. The third-order valence-corrected chi connectivity index (χ3v) is 3.31. The number of pyridine rings is 1. The van der Waals surface area contributed by atoms with Gasteiger partial charge in [-0.05, 0) is 12.3 Å². The maximum absolute atomic E-state index is 12.4. The van der Waals surface area contributed by atoms with Gasteiger partial charge in [-0.2, -0.15) is 0 Å². The smallest absolute Gasteiger partial charge is 0.204 e. The van der Waals surface area contributed by atoms with Crippen LogP contribution in [0.4, 0.5) is 0 Å². The predicted octanol–water partition coefficient (Wildman–Crippen LogP) is 2.75. The molecule has 1 N–H and O–H groups in total. The van der Waals surface area contributed by atoms with Crippen molar-refractivity contribution in [2.75, 3.05) is 21.3 Å². The molecule has 5 heteroatoms. The van der Waals surface area contributed by atoms with Crippen molar-refractivity contribution in [3.8, 4) is 17.2 Å². The Labute approximate surface area is 123 Å². The Balaban J connectivity index is 2.79. The first-order valence-corrected chi connectivity index (χ1v) is 6.86. The summed E-state index contributed by atoms with van der Waals surface area (Å²) in [6, 6.07) is 3.39. The summed E-state index contributed by atoms with van der Waals surface area (Å²) < 4.78 is 16.0. The fourth-order valence-corrected chi connectivity index (χ4v) is 2.49. The van der Waals surface area contributed by atoms with Crippen LogP contribution in [0.25, 0.3) is 10.9 Å². The van der Waals surface area contributed by atoms with Gasteiger partial charge in [0.05, 0.1) is 32.2 Å². The number of aromatic amines is 1. The van der Waals surface area contributed by atoms with E-state index in [9.17, 15) is 4.79 Å². The van der Waals surface area contributed by atoms with Gasteiger partial charge in [-0.3, -0.25) is 4.79 Å². The number of fused-ring (bicyclic) bond motifs is 1. The fraction of sp³-hybridized carbons (Fsp3) is 0.438. The van der Waals surface area contributed by atoms with Crippen molar-refractivity contribution in [2.24, 2.45) is 5.92 Å². The minimum atomic E-state index is -0.0859. The molecule has 0 amide bonds. The van der Waals surface area contributed by atoms with E-state index < -0.39 is 0 Å². The highest BCUT2D eigenvalue weighted by Gasteiger charge is 2.19. The van der Waals surface area contributed by atoms with E-state index in [1.165, 1.54) is 14.2 Å². The lowest BCUT2D eigenvalue weighted by Gasteiger charge is -2.15. The van der Waals surface area contributed by atoms with Gasteiger partial charge in [0.2, 0.25) is 5.75 Å². The highest BCUT2D eigenvalue weighted by molar-refractivity contribution is 5.90. The molecule has 0 aliphatic rings. The van der Waals surface area contributed by atoms with Crippen molar-refractivity contribution in [3.63, 3.8) is 0 Å². The van der Waals surface area contributed by atoms with Gasteiger partial charge in [-0.15, -0.1) is 0 Å². The van der Waals surface area contributed by atoms with E-state index in [0.29, 0.717) is 34.1 Å². The number of hydrogen-bond acceptors (Lipinski definition) is 4. The molecule has 0 atom stereocenters. The van der Waals surface area contributed by atoms with Crippen LogP contribution in [0, 0.1) is 5.92 Å². The molecule has 2 rings (SSSR count). The van der Waals surface area contributed by atoms with Crippen molar-refractivity contribution in [3.05, 3.63) is 28.0 Å². The van der Waals surface area contributed by atoms with Crippen LogP contribution in [0.1, 0.15) is 19.5 Å². The average Bonchev–Trinajstić information content (AvgIpc) is 2.44. The lowest BCUT2D eigenvalue weighted by Crippen LogP contribution is -2.09. The molecule has 0 aliphatic carbocycles. The standard InChI is InChI=1S/C16H21NO4/c1-9(2)6-10-7-12(18)14-11(17-10)8-13(19-3)15(20-4)16(14)21-5/h7-9H,6H2,1-5H3,(H,17,18). The highest BCUT2D eigenvalue weighted by Crippen LogP contribution is 2.41. The Morgan fingerprint density at radius 3 is 2.24 bits per heavy atom. The second-order valence-electron chi connectivity index (χ2n) is 5.32. The summed E-state index contributed by atoms with van der Waals surface area (Å²) >= 11 is 0. The monoisotopic (exact) mass is 291 g/mol. The van der Waals surface area contributed by atoms with Crippen molar-refractivity contribution in [2.45, 2.75) is 20.3 Å². The maximum atomic E-state index is 12.4. The van der Waals surface area contributed by atoms with Gasteiger partial charge in [0.15, 0.2) is 16.9 Å². The van der Waals surface area contributed by atoms with E-state index >= 15 is 0 Å². The first-order chi connectivity index (χ1) is 10.0. The van der Waals surface area contributed by atoms with Crippen molar-refractivity contribution >= 4 is 10.9 Å². The summed E-state index contributed by atoms with van der Waals surface area (Å²) in [6.45, 7) is 4.22. The number of benzene rings is 1. The number of hydrogen-bond donors (Lipinski definition) is 1. The Kier molecular flexibility index (Phi) is 4.40. The molecule has 0 saturated carbocycles. The van der Waals surface area contributed by atoms with Crippen molar-refractivity contribution < 1.29 is 14.2 Å². The van der Waals surface area contributed by atoms with Crippen LogP contribution >= 0.6 is 0 Å². The topological polar surface area (TPSA) is 60.6 Å². The molecule has 0 bridgehead atoms. The number of nitrogens with one attached hydrogen (secondary N) is 1. The molecule has 1 aromatic heterocycles. The maximum Gasteiger partial charge on any atom is 0.204 e. The van der Waals surface area contributed by atoms with Gasteiger partial charge in [0.25, 0.3) is 0 Å². The van der Waals surface area contributed by atoms with E-state index in [1.807, 2.05) is 0 Å². The zero-order valence-electron chi connectivity index (χ0n) is 13.1. The van der Waals surface area contributed by atoms with Crippen LogP contribution in [-0.4, -0.2) is 26.3 Å². The largest absolute Gasteiger partial charge is 0.493 e. The van der Waals surface area contributed by atoms with Gasteiger partial charge in [-0.25, -0.2) is 0 Å². The van der Waals surface area contributed by atoms with E-state index in [4.69, 9.17) is 14.2 Å². The van der Waals surface area contributed by atoms with Crippen LogP contribution < -0.4 is 19.6 Å². The normalized spacial score (nSPS) is 11.0. The van der Waals surface area contributed by atoms with E-state index in [0.717, 1.165) is 12.1 Å². The predicted molar refractivity (Wildman–Crippen MR) is 82.8 cm³/mol. The molecular formula is C16H21NO4. The minimum absolute atomic E-state index is 0.0859. The number of methoxy groups -OCH3 is 3. The van der Waals surface area contributed by atoms with Crippen molar-refractivity contribution in [1.29, 1.82) is 0 Å². The molecule has 0 fully saturated rings. The Morgan fingerprint density at radius 2 is 1.71 bits per heavy atom. The average molecular weight is 291 g/mol. The molecule has 2 aromatic rings. The molecule has 1 heterocycles. The second kappa shape index (κ2) is 6.08. The van der Waals surface area contributed by atoms with Crippen LogP contribution in [0.5, 0.6) is 17.2 Å². The molecule has 5 nitrogen and oxygen atoms in total. The zero-order chi connectivity index (χ0) is 15.6. The van der Waals surface area contributed by atoms with Gasteiger partial charge < -0.3 is 19.2 Å². The Bertz CT molecular complexity index is 703. The molecule has 0 saturated heterocycles. The molecule has 0 unspecified atom stereocenters. The first kappa shape index (κ1) is 15.2. The number of aromatic nitrogens is 1. The number of H-pyrrole nitrogens is 1. The van der Waals surface area contributed by atoms with E-state index in [2.05, 4.69) is 18.8 Å². The molecule has 1 aromatic carbocycles. The molecule has 114 valence electrons. The van der Waals surface area contributed by atoms with Gasteiger partial charge in [0.1, 0.15) is 0 Å². The van der Waals surface area contributed by atoms with Gasteiger partial charge in [-0.1, -0.05) is 13.8 Å². The lowest BCUT2D eigenvalue weighted by molar-refractivity contribution is 0.327. The third kappa shape index (κ3) is 2.82. The quantitative estimate of drug-likeness (QED) is 0.920. The summed E-state index contributed by atoms with van der Waals surface area (Å²) in [5.41, 5.74) is 1.50. The molecule has 0 aliphatic heterocycles. The molecule has 0 radical (unpaired) electrons. The van der Waals surface area contributed by atoms with Crippen LogP contribution in [0.15, 0.2) is 16.9 Å². The minimum Gasteiger partial charge on any atom is -0.493 e. The van der Waals surface area contributed by atoms with Crippen LogP contribution in [-0.2, 0) is 6.42 Å². The summed E-state index contributed by atoms with van der Waals surface area (Å²) in [7, 11) is 4.59. The van der Waals surface area contributed by atoms with E-state index in [1.54, 1.807) is 19.2 Å².